The third kappa shape index (κ3) is 2.29. The summed E-state index contributed by atoms with van der Waals surface area (Å²) in [6, 6.07) is 16.4. The third-order valence-corrected chi connectivity index (χ3v) is 4.79. The summed E-state index contributed by atoms with van der Waals surface area (Å²) in [6.45, 7) is 2.07. The molecule has 126 valence electrons. The van der Waals surface area contributed by atoms with E-state index in [2.05, 4.69) is 47.6 Å². The minimum absolute atomic E-state index is 0.0416. The van der Waals surface area contributed by atoms with Gasteiger partial charge >= 0.3 is 0 Å². The Bertz CT molecular complexity index is 1160. The second kappa shape index (κ2) is 5.52. The van der Waals surface area contributed by atoms with Gasteiger partial charge in [-0.1, -0.05) is 35.9 Å². The highest BCUT2D eigenvalue weighted by atomic mass is 16.1. The number of carbonyl (C=O) groups is 1. The molecule has 0 atom stereocenters. The van der Waals surface area contributed by atoms with E-state index in [1.54, 1.807) is 17.0 Å². The first-order valence-electron chi connectivity index (χ1n) is 8.51. The minimum Gasteiger partial charge on any atom is -0.326 e. The number of carbonyl (C=O) groups excluding carboxylic acids is 1. The molecule has 1 aliphatic heterocycles. The van der Waals surface area contributed by atoms with Gasteiger partial charge in [-0.05, 0) is 36.2 Å². The molecule has 0 unspecified atom stereocenters. The predicted molar refractivity (Wildman–Crippen MR) is 101 cm³/mol. The average Bonchev–Trinajstić information content (AvgIpc) is 3.21. The highest BCUT2D eigenvalue weighted by Gasteiger charge is 2.21. The lowest BCUT2D eigenvalue weighted by molar-refractivity contribution is -0.115. The SMILES string of the molecule is Cc1ccc(-c2nn3cnccc3c2-c2ccc3c(c2)CC(=O)N3)cc1. The molecule has 0 saturated heterocycles. The Balaban J connectivity index is 1.76. The molecular formula is C21H16N4O. The number of fused-ring (bicyclic) bond motifs is 2. The molecule has 5 heteroatoms. The fourth-order valence-electron chi connectivity index (χ4n) is 3.49. The molecule has 0 saturated carbocycles. The number of aryl methyl sites for hydroxylation is 1. The van der Waals surface area contributed by atoms with E-state index >= 15 is 0 Å². The molecule has 5 nitrogen and oxygen atoms in total. The number of amides is 1. The fraction of sp³-hybridized carbons (Fsp3) is 0.0952. The lowest BCUT2D eigenvalue weighted by atomic mass is 9.97. The first-order chi connectivity index (χ1) is 12.7. The standard InChI is InChI=1S/C21H16N4O/c1-13-2-4-14(5-3-13)21-20(18-8-9-22-12-25(18)24-21)15-6-7-17-16(10-15)11-19(26)23-17/h2-10,12H,11H2,1H3,(H,23,26). The van der Waals surface area contributed by atoms with Crippen LogP contribution in [0.2, 0.25) is 0 Å². The van der Waals surface area contributed by atoms with Gasteiger partial charge in [-0.15, -0.1) is 0 Å². The van der Waals surface area contributed by atoms with Crippen LogP contribution in [0.4, 0.5) is 5.69 Å². The molecule has 1 amide bonds. The van der Waals surface area contributed by atoms with Crippen LogP contribution in [0.3, 0.4) is 0 Å². The molecule has 0 radical (unpaired) electrons. The van der Waals surface area contributed by atoms with E-state index in [-0.39, 0.29) is 5.91 Å². The second-order valence-electron chi connectivity index (χ2n) is 6.60. The van der Waals surface area contributed by atoms with Gasteiger partial charge in [-0.3, -0.25) is 4.79 Å². The summed E-state index contributed by atoms with van der Waals surface area (Å²) in [5, 5.41) is 7.66. The highest BCUT2D eigenvalue weighted by molar-refractivity contribution is 6.01. The molecule has 2 aromatic carbocycles. The smallest absolute Gasteiger partial charge is 0.228 e. The predicted octanol–water partition coefficient (Wildman–Crippen LogP) is 3.87. The summed E-state index contributed by atoms with van der Waals surface area (Å²) in [4.78, 5) is 15.9. The van der Waals surface area contributed by atoms with Crippen LogP contribution in [0.1, 0.15) is 11.1 Å². The van der Waals surface area contributed by atoms with E-state index in [0.717, 1.165) is 39.2 Å². The van der Waals surface area contributed by atoms with Gasteiger partial charge in [0.1, 0.15) is 12.0 Å². The molecule has 5 rings (SSSR count). The molecule has 26 heavy (non-hydrogen) atoms. The Hall–Kier alpha value is -3.47. The molecule has 0 bridgehead atoms. The molecule has 1 aliphatic rings. The molecular weight excluding hydrogens is 324 g/mol. The summed E-state index contributed by atoms with van der Waals surface area (Å²) in [7, 11) is 0. The van der Waals surface area contributed by atoms with Crippen LogP contribution in [-0.4, -0.2) is 20.5 Å². The molecule has 2 aromatic heterocycles. The Labute approximate surface area is 150 Å². The topological polar surface area (TPSA) is 59.3 Å². The van der Waals surface area contributed by atoms with Crippen molar-refractivity contribution < 1.29 is 4.79 Å². The van der Waals surface area contributed by atoms with E-state index < -0.39 is 0 Å². The molecule has 1 N–H and O–H groups in total. The maximum Gasteiger partial charge on any atom is 0.228 e. The zero-order chi connectivity index (χ0) is 17.7. The first-order valence-corrected chi connectivity index (χ1v) is 8.51. The van der Waals surface area contributed by atoms with Crippen molar-refractivity contribution in [3.05, 3.63) is 72.2 Å². The summed E-state index contributed by atoms with van der Waals surface area (Å²) in [5.74, 6) is 0.0416. The van der Waals surface area contributed by atoms with Crippen molar-refractivity contribution in [3.63, 3.8) is 0 Å². The zero-order valence-electron chi connectivity index (χ0n) is 14.2. The summed E-state index contributed by atoms with van der Waals surface area (Å²) >= 11 is 0. The first kappa shape index (κ1) is 14.8. The van der Waals surface area contributed by atoms with E-state index in [1.807, 2.05) is 18.2 Å². The molecule has 0 aliphatic carbocycles. The van der Waals surface area contributed by atoms with Crippen LogP contribution in [-0.2, 0) is 11.2 Å². The van der Waals surface area contributed by atoms with Crippen molar-refractivity contribution in [1.29, 1.82) is 0 Å². The van der Waals surface area contributed by atoms with Crippen molar-refractivity contribution in [3.8, 4) is 22.4 Å². The number of rotatable bonds is 2. The number of aromatic nitrogens is 3. The number of nitrogens with one attached hydrogen (secondary N) is 1. The van der Waals surface area contributed by atoms with Gasteiger partial charge in [0, 0.05) is 23.0 Å². The molecule has 3 heterocycles. The lowest BCUT2D eigenvalue weighted by Crippen LogP contribution is -2.03. The molecule has 4 aromatic rings. The highest BCUT2D eigenvalue weighted by Crippen LogP contribution is 2.37. The maximum absolute atomic E-state index is 11.7. The Morgan fingerprint density at radius 2 is 1.85 bits per heavy atom. The zero-order valence-corrected chi connectivity index (χ0v) is 14.2. The quantitative estimate of drug-likeness (QED) is 0.603. The molecule has 0 spiro atoms. The van der Waals surface area contributed by atoms with Gasteiger partial charge in [0.05, 0.1) is 11.9 Å². The van der Waals surface area contributed by atoms with Crippen molar-refractivity contribution in [2.24, 2.45) is 0 Å². The van der Waals surface area contributed by atoms with Crippen molar-refractivity contribution in [2.45, 2.75) is 13.3 Å². The minimum atomic E-state index is 0.0416. The van der Waals surface area contributed by atoms with Crippen molar-refractivity contribution in [1.82, 2.24) is 14.6 Å². The molecule has 0 fully saturated rings. The average molecular weight is 340 g/mol. The summed E-state index contributed by atoms with van der Waals surface area (Å²) < 4.78 is 1.81. The van der Waals surface area contributed by atoms with Gasteiger partial charge in [-0.25, -0.2) is 9.50 Å². The maximum atomic E-state index is 11.7. The Morgan fingerprint density at radius 3 is 2.69 bits per heavy atom. The van der Waals surface area contributed by atoms with Gasteiger partial charge in [0.2, 0.25) is 5.91 Å². The monoisotopic (exact) mass is 340 g/mol. The number of hydrogen-bond donors (Lipinski definition) is 1. The van der Waals surface area contributed by atoms with E-state index in [9.17, 15) is 4.79 Å². The van der Waals surface area contributed by atoms with Gasteiger partial charge in [0.25, 0.3) is 0 Å². The summed E-state index contributed by atoms with van der Waals surface area (Å²) in [6.07, 6.45) is 3.91. The van der Waals surface area contributed by atoms with Gasteiger partial charge in [-0.2, -0.15) is 5.10 Å². The Kier molecular flexibility index (Phi) is 3.15. The van der Waals surface area contributed by atoms with Crippen LogP contribution < -0.4 is 5.32 Å². The summed E-state index contributed by atoms with van der Waals surface area (Å²) in [5.41, 5.74) is 8.20. The Morgan fingerprint density at radius 1 is 1.04 bits per heavy atom. The van der Waals surface area contributed by atoms with E-state index in [0.29, 0.717) is 6.42 Å². The largest absolute Gasteiger partial charge is 0.326 e. The third-order valence-electron chi connectivity index (χ3n) is 4.79. The number of anilines is 1. The van der Waals surface area contributed by atoms with Crippen LogP contribution >= 0.6 is 0 Å². The van der Waals surface area contributed by atoms with Crippen LogP contribution in [0, 0.1) is 6.92 Å². The van der Waals surface area contributed by atoms with Crippen molar-refractivity contribution >= 4 is 17.1 Å². The second-order valence-corrected chi connectivity index (χ2v) is 6.60. The van der Waals surface area contributed by atoms with Crippen LogP contribution in [0.25, 0.3) is 27.9 Å². The fourth-order valence-corrected chi connectivity index (χ4v) is 3.49. The van der Waals surface area contributed by atoms with Gasteiger partial charge in [0.15, 0.2) is 0 Å². The normalized spacial score (nSPS) is 13.0. The van der Waals surface area contributed by atoms with Gasteiger partial charge < -0.3 is 5.32 Å². The van der Waals surface area contributed by atoms with Crippen LogP contribution in [0.5, 0.6) is 0 Å². The van der Waals surface area contributed by atoms with Crippen LogP contribution in [0.15, 0.2) is 61.1 Å². The number of benzene rings is 2. The van der Waals surface area contributed by atoms with E-state index in [4.69, 9.17) is 5.10 Å². The lowest BCUT2D eigenvalue weighted by Gasteiger charge is -2.07. The van der Waals surface area contributed by atoms with E-state index in [1.165, 1.54) is 5.56 Å². The number of hydrogen-bond acceptors (Lipinski definition) is 3. The number of nitrogens with zero attached hydrogens (tertiary/aromatic N) is 3. The van der Waals surface area contributed by atoms with Crippen molar-refractivity contribution in [2.75, 3.05) is 5.32 Å².